The van der Waals surface area contributed by atoms with Crippen LogP contribution in [0.25, 0.3) is 0 Å². The molecule has 0 unspecified atom stereocenters. The predicted molar refractivity (Wildman–Crippen MR) is 97.2 cm³/mol. The van der Waals surface area contributed by atoms with E-state index in [1.165, 1.54) is 18.7 Å². The number of rotatable bonds is 2. The molecular formula is C15H19ClN6O2. The van der Waals surface area contributed by atoms with Crippen molar-refractivity contribution in [1.29, 1.82) is 0 Å². The Morgan fingerprint density at radius 3 is 2.29 bits per heavy atom. The maximum absolute atomic E-state index is 12.3. The van der Waals surface area contributed by atoms with Crippen LogP contribution in [0.3, 0.4) is 0 Å². The first-order valence-corrected chi connectivity index (χ1v) is 7.44. The van der Waals surface area contributed by atoms with Crippen molar-refractivity contribution in [3.8, 4) is 0 Å². The number of hydrogen-bond donors (Lipinski definition) is 2. The van der Waals surface area contributed by atoms with Gasteiger partial charge in [0.25, 0.3) is 5.56 Å². The van der Waals surface area contributed by atoms with Crippen LogP contribution in [0.15, 0.2) is 38.8 Å². The summed E-state index contributed by atoms with van der Waals surface area (Å²) in [7, 11) is 6.40. The molecule has 0 spiro atoms. The number of nitrogen functional groups attached to an aromatic ring is 1. The van der Waals surface area contributed by atoms with Crippen molar-refractivity contribution >= 4 is 34.8 Å². The summed E-state index contributed by atoms with van der Waals surface area (Å²) < 4.78 is 2.14. The van der Waals surface area contributed by atoms with E-state index < -0.39 is 11.2 Å². The third kappa shape index (κ3) is 3.43. The minimum absolute atomic E-state index is 0.000330. The zero-order valence-electron chi connectivity index (χ0n) is 13.9. The van der Waals surface area contributed by atoms with E-state index in [9.17, 15) is 9.59 Å². The molecule has 0 aliphatic heterocycles. The molecule has 0 atom stereocenters. The van der Waals surface area contributed by atoms with Crippen molar-refractivity contribution in [3.05, 3.63) is 50.1 Å². The van der Waals surface area contributed by atoms with Crippen LogP contribution in [0.5, 0.6) is 0 Å². The number of aromatic nitrogens is 2. The van der Waals surface area contributed by atoms with Gasteiger partial charge in [0.05, 0.1) is 0 Å². The Balaban J connectivity index is 2.55. The summed E-state index contributed by atoms with van der Waals surface area (Å²) in [5.41, 5.74) is 5.56. The van der Waals surface area contributed by atoms with Crippen LogP contribution in [0.2, 0.25) is 5.02 Å². The maximum Gasteiger partial charge on any atom is 0.332 e. The van der Waals surface area contributed by atoms with Crippen LogP contribution in [0.1, 0.15) is 0 Å². The standard InChI is InChI=1S/C15H19ClN6O2/c1-20(2)14(18-10-7-5-9(16)6-8-10)19-11-12(17)21(3)15(24)22(4)13(11)23/h5-8H,17H2,1-4H3,(H,18,19). The van der Waals surface area contributed by atoms with Gasteiger partial charge in [0.15, 0.2) is 5.69 Å². The van der Waals surface area contributed by atoms with Crippen LogP contribution >= 0.6 is 11.6 Å². The van der Waals surface area contributed by atoms with Gasteiger partial charge in [-0.05, 0) is 24.3 Å². The van der Waals surface area contributed by atoms with Gasteiger partial charge in [-0.2, -0.15) is 0 Å². The Labute approximate surface area is 143 Å². The highest BCUT2D eigenvalue weighted by atomic mass is 35.5. The fourth-order valence-corrected chi connectivity index (χ4v) is 2.08. The molecule has 0 fully saturated rings. The molecule has 0 saturated carbocycles. The molecule has 0 radical (unpaired) electrons. The normalized spacial score (nSPS) is 11.5. The zero-order valence-corrected chi connectivity index (χ0v) is 14.6. The predicted octanol–water partition coefficient (Wildman–Crippen LogP) is 0.981. The summed E-state index contributed by atoms with van der Waals surface area (Å²) in [4.78, 5) is 30.2. The Kier molecular flexibility index (Phi) is 4.99. The molecule has 0 amide bonds. The minimum Gasteiger partial charge on any atom is -0.383 e. The number of anilines is 2. The number of nitrogens with two attached hydrogens (primary N) is 1. The van der Waals surface area contributed by atoms with Gasteiger partial charge in [0.1, 0.15) is 5.82 Å². The Morgan fingerprint density at radius 2 is 1.75 bits per heavy atom. The molecule has 2 aromatic rings. The molecule has 128 valence electrons. The molecule has 24 heavy (non-hydrogen) atoms. The van der Waals surface area contributed by atoms with Gasteiger partial charge in [-0.15, -0.1) is 0 Å². The Morgan fingerprint density at radius 1 is 1.17 bits per heavy atom. The Bertz CT molecular complexity index is 896. The highest BCUT2D eigenvalue weighted by Crippen LogP contribution is 2.17. The molecule has 0 saturated heterocycles. The van der Waals surface area contributed by atoms with E-state index in [0.717, 1.165) is 10.3 Å². The number of aliphatic imine (C=N–C) groups is 1. The highest BCUT2D eigenvalue weighted by Gasteiger charge is 2.14. The fourth-order valence-electron chi connectivity index (χ4n) is 1.96. The second-order valence-electron chi connectivity index (χ2n) is 5.40. The molecular weight excluding hydrogens is 332 g/mol. The molecule has 2 rings (SSSR count). The number of hydrogen-bond acceptors (Lipinski definition) is 4. The van der Waals surface area contributed by atoms with Gasteiger partial charge in [0.2, 0.25) is 5.96 Å². The molecule has 0 aliphatic rings. The lowest BCUT2D eigenvalue weighted by Gasteiger charge is -2.18. The number of nitrogens with one attached hydrogen (secondary N) is 1. The van der Waals surface area contributed by atoms with Gasteiger partial charge in [-0.3, -0.25) is 13.9 Å². The van der Waals surface area contributed by atoms with E-state index in [4.69, 9.17) is 17.3 Å². The van der Waals surface area contributed by atoms with E-state index >= 15 is 0 Å². The molecule has 1 aromatic heterocycles. The minimum atomic E-state index is -0.562. The van der Waals surface area contributed by atoms with Gasteiger partial charge in [0, 0.05) is 38.9 Å². The first-order chi connectivity index (χ1) is 11.2. The van der Waals surface area contributed by atoms with E-state index in [0.29, 0.717) is 11.0 Å². The Hall–Kier alpha value is -2.74. The van der Waals surface area contributed by atoms with Crippen molar-refractivity contribution < 1.29 is 0 Å². The quantitative estimate of drug-likeness (QED) is 0.621. The summed E-state index contributed by atoms with van der Waals surface area (Å²) in [6.07, 6.45) is 0. The van der Waals surface area contributed by atoms with Gasteiger partial charge in [-0.25, -0.2) is 9.79 Å². The maximum atomic E-state index is 12.3. The summed E-state index contributed by atoms with van der Waals surface area (Å²) in [6.45, 7) is 0. The van der Waals surface area contributed by atoms with Crippen molar-refractivity contribution in [1.82, 2.24) is 14.0 Å². The van der Waals surface area contributed by atoms with E-state index in [-0.39, 0.29) is 11.5 Å². The third-order valence-electron chi connectivity index (χ3n) is 3.43. The molecule has 0 aliphatic carbocycles. The summed E-state index contributed by atoms with van der Waals surface area (Å²) >= 11 is 5.87. The lowest BCUT2D eigenvalue weighted by molar-refractivity contribution is 0.619. The highest BCUT2D eigenvalue weighted by molar-refractivity contribution is 6.30. The first-order valence-electron chi connectivity index (χ1n) is 7.06. The van der Waals surface area contributed by atoms with Crippen LogP contribution in [-0.2, 0) is 14.1 Å². The van der Waals surface area contributed by atoms with Gasteiger partial charge < -0.3 is 16.0 Å². The van der Waals surface area contributed by atoms with Crippen LogP contribution < -0.4 is 22.3 Å². The summed E-state index contributed by atoms with van der Waals surface area (Å²) in [5, 5.41) is 3.70. The molecule has 1 aromatic carbocycles. The number of nitrogens with zero attached hydrogens (tertiary/aromatic N) is 4. The van der Waals surface area contributed by atoms with Crippen LogP contribution in [0, 0.1) is 0 Å². The lowest BCUT2D eigenvalue weighted by Crippen LogP contribution is -2.38. The second kappa shape index (κ2) is 6.79. The van der Waals surface area contributed by atoms with E-state index in [1.54, 1.807) is 43.3 Å². The average molecular weight is 351 g/mol. The fraction of sp³-hybridized carbons (Fsp3) is 0.267. The smallest absolute Gasteiger partial charge is 0.332 e. The molecule has 9 heteroatoms. The number of halogens is 1. The average Bonchev–Trinajstić information content (AvgIpc) is 2.55. The molecule has 0 bridgehead atoms. The first kappa shape index (κ1) is 17.6. The second-order valence-corrected chi connectivity index (χ2v) is 5.84. The summed E-state index contributed by atoms with van der Waals surface area (Å²) in [5.74, 6) is 0.389. The monoisotopic (exact) mass is 350 g/mol. The van der Waals surface area contributed by atoms with E-state index in [1.807, 2.05) is 0 Å². The lowest BCUT2D eigenvalue weighted by atomic mass is 10.3. The van der Waals surface area contributed by atoms with Gasteiger partial charge >= 0.3 is 5.69 Å². The molecule has 8 nitrogen and oxygen atoms in total. The van der Waals surface area contributed by atoms with Crippen molar-refractivity contribution in [2.75, 3.05) is 25.1 Å². The third-order valence-corrected chi connectivity index (χ3v) is 3.68. The molecule has 3 N–H and O–H groups in total. The van der Waals surface area contributed by atoms with E-state index in [2.05, 4.69) is 10.3 Å². The number of guanidine groups is 1. The topological polar surface area (TPSA) is 97.7 Å². The SMILES string of the molecule is CN(C)C(=Nc1c(N)n(C)c(=O)n(C)c1=O)Nc1ccc(Cl)cc1. The van der Waals surface area contributed by atoms with Crippen molar-refractivity contribution in [3.63, 3.8) is 0 Å². The largest absolute Gasteiger partial charge is 0.383 e. The number of benzene rings is 1. The molecule has 1 heterocycles. The van der Waals surface area contributed by atoms with Crippen molar-refractivity contribution in [2.45, 2.75) is 0 Å². The van der Waals surface area contributed by atoms with Crippen molar-refractivity contribution in [2.24, 2.45) is 19.1 Å². The zero-order chi connectivity index (χ0) is 18.0. The van der Waals surface area contributed by atoms with Crippen LogP contribution in [-0.4, -0.2) is 34.1 Å². The summed E-state index contributed by atoms with van der Waals surface area (Å²) in [6, 6.07) is 7.03. The van der Waals surface area contributed by atoms with Crippen LogP contribution in [0.4, 0.5) is 17.2 Å². The van der Waals surface area contributed by atoms with Gasteiger partial charge in [-0.1, -0.05) is 11.6 Å².